The van der Waals surface area contributed by atoms with E-state index in [0.717, 1.165) is 0 Å². The van der Waals surface area contributed by atoms with Gasteiger partial charge in [-0.25, -0.2) is 9.37 Å². The summed E-state index contributed by atoms with van der Waals surface area (Å²) < 4.78 is 19.6. The molecule has 122 valence electrons. The molecule has 1 aliphatic rings. The molecule has 1 aliphatic heterocycles. The maximum atomic E-state index is 13.9. The second-order valence-corrected chi connectivity index (χ2v) is 5.99. The topological polar surface area (TPSA) is 79.9 Å². The number of amides is 1. The van der Waals surface area contributed by atoms with E-state index in [1.54, 1.807) is 6.07 Å². The molecule has 1 aromatic carbocycles. The highest BCUT2D eigenvalue weighted by Gasteiger charge is 2.36. The molecule has 2 heterocycles. The number of benzene rings is 1. The first-order valence-electron chi connectivity index (χ1n) is 7.64. The van der Waals surface area contributed by atoms with Crippen molar-refractivity contribution in [3.05, 3.63) is 30.3 Å². The molecule has 1 aromatic heterocycles. The maximum Gasteiger partial charge on any atom is 0.230 e. The Kier molecular flexibility index (Phi) is 4.38. The predicted octanol–water partition coefficient (Wildman–Crippen LogP) is 2.61. The molecule has 7 heteroatoms. The van der Waals surface area contributed by atoms with Gasteiger partial charge in [0, 0.05) is 12.3 Å². The number of ether oxygens (including phenoxy) is 1. The number of aromatic nitrogens is 3. The largest absolute Gasteiger partial charge is 0.377 e. The van der Waals surface area contributed by atoms with E-state index in [1.165, 1.54) is 18.5 Å². The Morgan fingerprint density at radius 2 is 2.30 bits per heavy atom. The number of hydrogen-bond donors (Lipinski definition) is 2. The molecule has 1 saturated heterocycles. The standard InChI is InChI=1S/C16H19FN4O2/c1-9(2)14-11(5-6-23-14)16(22)20-10-3-4-13(17)12(7-10)15-18-8-19-21-15/h3-4,7-9,11,14H,5-6H2,1-2H3,(H,20,22)(H,18,19,21)/t11-,14-/m0/s1. The van der Waals surface area contributed by atoms with Crippen LogP contribution in [0.2, 0.25) is 0 Å². The molecule has 2 atom stereocenters. The SMILES string of the molecule is CC(C)[C@@H]1OCC[C@@H]1C(=O)Nc1ccc(F)c(-c2ncn[nH]2)c1. The Morgan fingerprint density at radius 3 is 3.00 bits per heavy atom. The lowest BCUT2D eigenvalue weighted by atomic mass is 9.92. The van der Waals surface area contributed by atoms with Crippen molar-refractivity contribution in [1.82, 2.24) is 15.2 Å². The minimum Gasteiger partial charge on any atom is -0.377 e. The van der Waals surface area contributed by atoms with Crippen molar-refractivity contribution in [3.63, 3.8) is 0 Å². The molecule has 1 fully saturated rings. The monoisotopic (exact) mass is 318 g/mol. The van der Waals surface area contributed by atoms with E-state index in [-0.39, 0.29) is 29.4 Å². The van der Waals surface area contributed by atoms with Gasteiger partial charge in [-0.15, -0.1) is 0 Å². The van der Waals surface area contributed by atoms with Crippen LogP contribution in [0.25, 0.3) is 11.4 Å². The summed E-state index contributed by atoms with van der Waals surface area (Å²) in [5.41, 5.74) is 0.792. The Hall–Kier alpha value is -2.28. The van der Waals surface area contributed by atoms with Crippen LogP contribution in [0.15, 0.2) is 24.5 Å². The van der Waals surface area contributed by atoms with E-state index in [4.69, 9.17) is 4.74 Å². The van der Waals surface area contributed by atoms with Crippen LogP contribution < -0.4 is 5.32 Å². The molecule has 0 bridgehead atoms. The lowest BCUT2D eigenvalue weighted by Crippen LogP contribution is -2.32. The van der Waals surface area contributed by atoms with E-state index < -0.39 is 5.82 Å². The van der Waals surface area contributed by atoms with Crippen molar-refractivity contribution in [1.29, 1.82) is 0 Å². The predicted molar refractivity (Wildman–Crippen MR) is 83.1 cm³/mol. The van der Waals surface area contributed by atoms with Gasteiger partial charge in [0.1, 0.15) is 12.1 Å². The Morgan fingerprint density at radius 1 is 1.48 bits per heavy atom. The van der Waals surface area contributed by atoms with Crippen LogP contribution in [0.5, 0.6) is 0 Å². The summed E-state index contributed by atoms with van der Waals surface area (Å²) in [5.74, 6) is -0.122. The van der Waals surface area contributed by atoms with Gasteiger partial charge in [-0.05, 0) is 30.5 Å². The fourth-order valence-electron chi connectivity index (χ4n) is 2.90. The third kappa shape index (κ3) is 3.24. The van der Waals surface area contributed by atoms with Gasteiger partial charge in [0.05, 0.1) is 17.6 Å². The highest BCUT2D eigenvalue weighted by atomic mass is 19.1. The van der Waals surface area contributed by atoms with Crippen LogP contribution in [-0.4, -0.2) is 33.8 Å². The normalized spacial score (nSPS) is 20.9. The zero-order chi connectivity index (χ0) is 16.4. The quantitative estimate of drug-likeness (QED) is 0.908. The van der Waals surface area contributed by atoms with Crippen LogP contribution >= 0.6 is 0 Å². The Balaban J connectivity index is 1.78. The summed E-state index contributed by atoms with van der Waals surface area (Å²) >= 11 is 0. The fraction of sp³-hybridized carbons (Fsp3) is 0.438. The lowest BCUT2D eigenvalue weighted by molar-refractivity contribution is -0.122. The molecular formula is C16H19FN4O2. The molecule has 2 N–H and O–H groups in total. The molecule has 2 aromatic rings. The third-order valence-corrected chi connectivity index (χ3v) is 4.03. The number of carbonyl (C=O) groups excluding carboxylic acids is 1. The summed E-state index contributed by atoms with van der Waals surface area (Å²) in [5, 5.41) is 9.18. The average molecular weight is 318 g/mol. The number of hydrogen-bond acceptors (Lipinski definition) is 4. The van der Waals surface area contributed by atoms with Crippen molar-refractivity contribution in [2.75, 3.05) is 11.9 Å². The van der Waals surface area contributed by atoms with E-state index in [1.807, 2.05) is 13.8 Å². The smallest absolute Gasteiger partial charge is 0.230 e. The molecule has 0 radical (unpaired) electrons. The highest BCUT2D eigenvalue weighted by Crippen LogP contribution is 2.29. The molecule has 6 nitrogen and oxygen atoms in total. The number of rotatable bonds is 4. The zero-order valence-corrected chi connectivity index (χ0v) is 13.0. The minimum atomic E-state index is -0.427. The van der Waals surface area contributed by atoms with Crippen LogP contribution in [0.4, 0.5) is 10.1 Å². The molecule has 1 amide bonds. The van der Waals surface area contributed by atoms with E-state index in [0.29, 0.717) is 24.5 Å². The van der Waals surface area contributed by atoms with Crippen molar-refractivity contribution < 1.29 is 13.9 Å². The summed E-state index contributed by atoms with van der Waals surface area (Å²) in [6.45, 7) is 4.67. The zero-order valence-electron chi connectivity index (χ0n) is 13.0. The first kappa shape index (κ1) is 15.6. The summed E-state index contributed by atoms with van der Waals surface area (Å²) in [7, 11) is 0. The van der Waals surface area contributed by atoms with Crippen LogP contribution in [0.1, 0.15) is 20.3 Å². The Labute approximate surface area is 133 Å². The molecule has 0 unspecified atom stereocenters. The second-order valence-electron chi connectivity index (χ2n) is 5.99. The maximum absolute atomic E-state index is 13.9. The van der Waals surface area contributed by atoms with Gasteiger partial charge in [0.15, 0.2) is 5.82 Å². The first-order valence-corrected chi connectivity index (χ1v) is 7.64. The van der Waals surface area contributed by atoms with Gasteiger partial charge in [0.2, 0.25) is 5.91 Å². The molecule has 0 spiro atoms. The first-order chi connectivity index (χ1) is 11.1. The van der Waals surface area contributed by atoms with Crippen LogP contribution in [-0.2, 0) is 9.53 Å². The molecular weight excluding hydrogens is 299 g/mol. The number of carbonyl (C=O) groups is 1. The van der Waals surface area contributed by atoms with E-state index in [2.05, 4.69) is 20.5 Å². The van der Waals surface area contributed by atoms with Crippen molar-refractivity contribution in [2.24, 2.45) is 11.8 Å². The molecule has 0 aliphatic carbocycles. The fourth-order valence-corrected chi connectivity index (χ4v) is 2.90. The van der Waals surface area contributed by atoms with Gasteiger partial charge in [-0.3, -0.25) is 9.89 Å². The number of aromatic amines is 1. The third-order valence-electron chi connectivity index (χ3n) is 4.03. The second kappa shape index (κ2) is 6.45. The number of nitrogens with zero attached hydrogens (tertiary/aromatic N) is 2. The number of nitrogens with one attached hydrogen (secondary N) is 2. The van der Waals surface area contributed by atoms with Crippen molar-refractivity contribution >= 4 is 11.6 Å². The van der Waals surface area contributed by atoms with Crippen molar-refractivity contribution in [2.45, 2.75) is 26.4 Å². The van der Waals surface area contributed by atoms with Crippen LogP contribution in [0, 0.1) is 17.7 Å². The minimum absolute atomic E-state index is 0.0795. The summed E-state index contributed by atoms with van der Waals surface area (Å²) in [4.78, 5) is 16.4. The molecule has 3 rings (SSSR count). The summed E-state index contributed by atoms with van der Waals surface area (Å²) in [6.07, 6.45) is 1.93. The number of H-pyrrole nitrogens is 1. The number of anilines is 1. The highest BCUT2D eigenvalue weighted by molar-refractivity contribution is 5.93. The Bertz CT molecular complexity index is 687. The van der Waals surface area contributed by atoms with E-state index in [9.17, 15) is 9.18 Å². The van der Waals surface area contributed by atoms with Gasteiger partial charge < -0.3 is 10.1 Å². The summed E-state index contributed by atoms with van der Waals surface area (Å²) in [6, 6.07) is 4.39. The molecule has 23 heavy (non-hydrogen) atoms. The van der Waals surface area contributed by atoms with Gasteiger partial charge in [-0.1, -0.05) is 13.8 Å². The molecule has 0 saturated carbocycles. The van der Waals surface area contributed by atoms with Gasteiger partial charge in [0.25, 0.3) is 0 Å². The number of halogens is 1. The van der Waals surface area contributed by atoms with Gasteiger partial charge >= 0.3 is 0 Å². The lowest BCUT2D eigenvalue weighted by Gasteiger charge is -2.21. The van der Waals surface area contributed by atoms with Gasteiger partial charge in [-0.2, -0.15) is 5.10 Å². The van der Waals surface area contributed by atoms with E-state index >= 15 is 0 Å². The van der Waals surface area contributed by atoms with Crippen molar-refractivity contribution in [3.8, 4) is 11.4 Å². The van der Waals surface area contributed by atoms with Crippen LogP contribution in [0.3, 0.4) is 0 Å². The average Bonchev–Trinajstić information content (AvgIpc) is 3.20.